The Kier molecular flexibility index (Phi) is 57.1. The number of hydrogen-bond acceptors (Lipinski definition) is 15. The summed E-state index contributed by atoms with van der Waals surface area (Å²) in [6, 6.07) is 0. The van der Waals surface area contributed by atoms with Gasteiger partial charge in [0.15, 0.2) is 12.2 Å². The second-order valence-electron chi connectivity index (χ2n) is 24.8. The molecule has 0 aromatic rings. The van der Waals surface area contributed by atoms with Crippen LogP contribution in [-0.4, -0.2) is 96.7 Å². The highest BCUT2D eigenvalue weighted by atomic mass is 31.2. The van der Waals surface area contributed by atoms with Gasteiger partial charge in [-0.3, -0.25) is 37.3 Å². The normalized spacial score (nSPS) is 14.2. The van der Waals surface area contributed by atoms with Crippen molar-refractivity contribution >= 4 is 39.5 Å². The van der Waals surface area contributed by atoms with Crippen molar-refractivity contribution in [1.29, 1.82) is 0 Å². The monoisotopic (exact) mass is 1250 g/mol. The number of phosphoric ester groups is 2. The van der Waals surface area contributed by atoms with E-state index in [1.807, 2.05) is 0 Å². The molecular weight excluding hydrogens is 1130 g/mol. The van der Waals surface area contributed by atoms with Crippen molar-refractivity contribution in [2.45, 2.75) is 349 Å². The predicted octanol–water partition coefficient (Wildman–Crippen LogP) is 18.4. The molecule has 0 amide bonds. The lowest BCUT2D eigenvalue weighted by Crippen LogP contribution is -2.30. The Labute approximate surface area is 517 Å². The molecule has 0 aromatic carbocycles. The van der Waals surface area contributed by atoms with E-state index < -0.39 is 97.5 Å². The molecule has 85 heavy (non-hydrogen) atoms. The quantitative estimate of drug-likeness (QED) is 0.0222. The lowest BCUT2D eigenvalue weighted by molar-refractivity contribution is -0.161. The Hall–Kier alpha value is -1.94. The number of hydrogen-bond donors (Lipinski definition) is 3. The van der Waals surface area contributed by atoms with Gasteiger partial charge in [-0.05, 0) is 37.5 Å². The summed E-state index contributed by atoms with van der Waals surface area (Å²) in [6.07, 6.45) is 41.8. The molecule has 0 spiro atoms. The molecule has 0 aromatic heterocycles. The van der Waals surface area contributed by atoms with Crippen LogP contribution in [0.25, 0.3) is 0 Å². The fourth-order valence-electron chi connectivity index (χ4n) is 9.88. The fourth-order valence-corrected chi connectivity index (χ4v) is 11.5. The number of phosphoric acid groups is 2. The van der Waals surface area contributed by atoms with E-state index >= 15 is 0 Å². The fraction of sp³-hybridized carbons (Fsp3) is 0.939. The number of carbonyl (C=O) groups is 4. The van der Waals surface area contributed by atoms with E-state index in [4.69, 9.17) is 37.0 Å². The van der Waals surface area contributed by atoms with Crippen molar-refractivity contribution in [2.75, 3.05) is 39.6 Å². The maximum absolute atomic E-state index is 13.0. The van der Waals surface area contributed by atoms with Crippen LogP contribution in [0.5, 0.6) is 0 Å². The van der Waals surface area contributed by atoms with Crippen molar-refractivity contribution in [3.05, 3.63) is 0 Å². The first-order valence-corrected chi connectivity index (χ1v) is 37.5. The zero-order valence-electron chi connectivity index (χ0n) is 54.9. The Morgan fingerprint density at radius 3 is 0.800 bits per heavy atom. The minimum absolute atomic E-state index is 0.105. The number of esters is 4. The second kappa shape index (κ2) is 58.4. The first-order chi connectivity index (χ1) is 40.9. The summed E-state index contributed by atoms with van der Waals surface area (Å²) in [6.45, 7) is 9.47. The average Bonchev–Trinajstić information content (AvgIpc) is 3.53. The third-order valence-corrected chi connectivity index (χ3v) is 17.1. The molecule has 0 radical (unpaired) electrons. The topological polar surface area (TPSA) is 237 Å². The summed E-state index contributed by atoms with van der Waals surface area (Å²) in [4.78, 5) is 72.2. The van der Waals surface area contributed by atoms with E-state index in [9.17, 15) is 43.2 Å². The number of unbranched alkanes of at least 4 members (excludes halogenated alkanes) is 35. The van der Waals surface area contributed by atoms with Gasteiger partial charge in [0.25, 0.3) is 0 Å². The van der Waals surface area contributed by atoms with E-state index in [0.29, 0.717) is 25.7 Å². The molecule has 0 aliphatic heterocycles. The Morgan fingerprint density at radius 2 is 0.541 bits per heavy atom. The first-order valence-electron chi connectivity index (χ1n) is 34.5. The van der Waals surface area contributed by atoms with Crippen LogP contribution in [-0.2, 0) is 65.4 Å². The van der Waals surface area contributed by atoms with Gasteiger partial charge in [-0.2, -0.15) is 0 Å². The molecular formula is C66H128O17P2. The van der Waals surface area contributed by atoms with Gasteiger partial charge in [0.2, 0.25) is 0 Å². The smallest absolute Gasteiger partial charge is 0.462 e. The summed E-state index contributed by atoms with van der Waals surface area (Å²) in [5, 5.41) is 10.5. The first kappa shape index (κ1) is 83.1. The highest BCUT2D eigenvalue weighted by Crippen LogP contribution is 2.45. The number of ether oxygens (including phenoxy) is 4. The molecule has 3 N–H and O–H groups in total. The van der Waals surface area contributed by atoms with Gasteiger partial charge in [0.1, 0.15) is 19.3 Å². The van der Waals surface area contributed by atoms with Gasteiger partial charge < -0.3 is 33.8 Å². The summed E-state index contributed by atoms with van der Waals surface area (Å²) in [5.74, 6) is -0.590. The number of rotatable bonds is 65. The molecule has 2 unspecified atom stereocenters. The van der Waals surface area contributed by atoms with E-state index in [0.717, 1.165) is 115 Å². The molecule has 0 aliphatic rings. The number of aliphatic hydroxyl groups excluding tert-OH is 1. The maximum Gasteiger partial charge on any atom is 0.472 e. The van der Waals surface area contributed by atoms with Gasteiger partial charge >= 0.3 is 39.5 Å². The van der Waals surface area contributed by atoms with Crippen LogP contribution >= 0.6 is 15.6 Å². The molecule has 0 saturated heterocycles. The highest BCUT2D eigenvalue weighted by Gasteiger charge is 2.30. The van der Waals surface area contributed by atoms with Crippen LogP contribution in [0.3, 0.4) is 0 Å². The minimum Gasteiger partial charge on any atom is -0.462 e. The molecule has 19 heteroatoms. The van der Waals surface area contributed by atoms with Gasteiger partial charge in [-0.1, -0.05) is 279 Å². The molecule has 504 valence electrons. The third-order valence-electron chi connectivity index (χ3n) is 15.2. The summed E-state index contributed by atoms with van der Waals surface area (Å²) in [5.41, 5.74) is 0. The molecule has 0 saturated carbocycles. The molecule has 0 fully saturated rings. The lowest BCUT2D eigenvalue weighted by atomic mass is 10.0. The SMILES string of the molecule is CCCCCCCCCCC(=O)OC[C@H](COP(=O)(O)OC[C@H](O)COP(=O)(O)OC[C@@H](COC(=O)CCCCCCCCCCCCC(C)C)OC(=O)CCCCCCCCCCCCCCCC(C)C)OC(=O)CCCCCCCCCC. The maximum atomic E-state index is 13.0. The summed E-state index contributed by atoms with van der Waals surface area (Å²) < 4.78 is 68.0. The second-order valence-corrected chi connectivity index (χ2v) is 27.7. The van der Waals surface area contributed by atoms with Crippen molar-refractivity contribution in [3.8, 4) is 0 Å². The Bertz CT molecular complexity index is 1670. The van der Waals surface area contributed by atoms with Crippen LogP contribution < -0.4 is 0 Å². The molecule has 5 atom stereocenters. The van der Waals surface area contributed by atoms with Crippen LogP contribution in [0.1, 0.15) is 330 Å². The summed E-state index contributed by atoms with van der Waals surface area (Å²) in [7, 11) is -9.88. The van der Waals surface area contributed by atoms with Gasteiger partial charge in [0.05, 0.1) is 26.4 Å². The van der Waals surface area contributed by atoms with Crippen molar-refractivity contribution in [2.24, 2.45) is 11.8 Å². The number of carbonyl (C=O) groups excluding carboxylic acids is 4. The van der Waals surface area contributed by atoms with Crippen molar-refractivity contribution < 1.29 is 80.2 Å². The van der Waals surface area contributed by atoms with Crippen LogP contribution in [0.15, 0.2) is 0 Å². The van der Waals surface area contributed by atoms with Crippen LogP contribution in [0, 0.1) is 11.8 Å². The zero-order valence-corrected chi connectivity index (χ0v) is 56.7. The molecule has 0 aliphatic carbocycles. The van der Waals surface area contributed by atoms with Crippen molar-refractivity contribution in [3.63, 3.8) is 0 Å². The Morgan fingerprint density at radius 1 is 0.318 bits per heavy atom. The molecule has 17 nitrogen and oxygen atoms in total. The lowest BCUT2D eigenvalue weighted by Gasteiger charge is -2.21. The zero-order chi connectivity index (χ0) is 62.9. The van der Waals surface area contributed by atoms with E-state index in [1.54, 1.807) is 0 Å². The van der Waals surface area contributed by atoms with Gasteiger partial charge in [-0.15, -0.1) is 0 Å². The molecule has 0 rings (SSSR count). The highest BCUT2D eigenvalue weighted by molar-refractivity contribution is 7.47. The molecule has 0 heterocycles. The third kappa shape index (κ3) is 60.7. The van der Waals surface area contributed by atoms with Crippen LogP contribution in [0.4, 0.5) is 0 Å². The summed E-state index contributed by atoms with van der Waals surface area (Å²) >= 11 is 0. The standard InChI is InChI=1S/C66H128O17P2/c1-7-9-11-13-15-30-36-42-48-63(68)76-54-61(82-65(70)50-44-38-31-16-14-12-10-8-2)56-80-84(72,73)78-52-60(67)53-79-85(74,75)81-57-62(55-77-64(69)49-43-37-32-26-23-22-25-29-35-41-47-59(5)6)83-66(71)51-45-39-33-27-21-19-17-18-20-24-28-34-40-46-58(3)4/h58-62,67H,7-57H2,1-6H3,(H,72,73)(H,74,75)/t60-,61+,62+/m0/s1. The molecule has 0 bridgehead atoms. The van der Waals surface area contributed by atoms with Crippen LogP contribution in [0.2, 0.25) is 0 Å². The number of aliphatic hydroxyl groups is 1. The average molecular weight is 1260 g/mol. The Balaban J connectivity index is 5.20. The largest absolute Gasteiger partial charge is 0.472 e. The van der Waals surface area contributed by atoms with E-state index in [1.165, 1.54) is 135 Å². The predicted molar refractivity (Wildman–Crippen MR) is 340 cm³/mol. The van der Waals surface area contributed by atoms with Gasteiger partial charge in [0, 0.05) is 25.7 Å². The van der Waals surface area contributed by atoms with Gasteiger partial charge in [-0.25, -0.2) is 9.13 Å². The van der Waals surface area contributed by atoms with E-state index in [-0.39, 0.29) is 25.7 Å². The van der Waals surface area contributed by atoms with Crippen molar-refractivity contribution in [1.82, 2.24) is 0 Å². The van der Waals surface area contributed by atoms with E-state index in [2.05, 4.69) is 41.5 Å². The minimum atomic E-state index is -4.95.